The smallest absolute Gasteiger partial charge is 0.165 e. The third kappa shape index (κ3) is 4.39. The Morgan fingerprint density at radius 3 is 2.27 bits per heavy atom. The maximum Gasteiger partial charge on any atom is 0.165 e. The molecule has 0 saturated carbocycles. The third-order valence-electron chi connectivity index (χ3n) is 2.62. The van der Waals surface area contributed by atoms with Crippen molar-refractivity contribution in [1.29, 1.82) is 0 Å². The fourth-order valence-electron chi connectivity index (χ4n) is 1.42. The van der Waals surface area contributed by atoms with Gasteiger partial charge in [-0.05, 0) is 13.3 Å². The van der Waals surface area contributed by atoms with Crippen molar-refractivity contribution < 1.29 is 14.2 Å². The molecule has 90 valence electrons. The van der Waals surface area contributed by atoms with E-state index in [9.17, 15) is 0 Å². The van der Waals surface area contributed by atoms with E-state index in [1.165, 1.54) is 0 Å². The quantitative estimate of drug-likeness (QED) is 0.741. The van der Waals surface area contributed by atoms with Crippen molar-refractivity contribution in [3.63, 3.8) is 0 Å². The SMILES string of the molecule is COC(Br)CCC1(C)OCC(C)(C)CO1. The van der Waals surface area contributed by atoms with E-state index in [1.807, 2.05) is 6.92 Å². The maximum atomic E-state index is 5.78. The summed E-state index contributed by atoms with van der Waals surface area (Å²) < 4.78 is 16.7. The Bertz CT molecular complexity index is 196. The second-order valence-electron chi connectivity index (χ2n) is 5.06. The summed E-state index contributed by atoms with van der Waals surface area (Å²) in [5.41, 5.74) is 0.134. The van der Waals surface area contributed by atoms with Crippen LogP contribution in [0.1, 0.15) is 33.6 Å². The van der Waals surface area contributed by atoms with E-state index >= 15 is 0 Å². The lowest BCUT2D eigenvalue weighted by molar-refractivity contribution is -0.292. The first-order chi connectivity index (χ1) is 6.87. The third-order valence-corrected chi connectivity index (χ3v) is 3.45. The van der Waals surface area contributed by atoms with Crippen molar-refractivity contribution in [2.45, 2.75) is 44.4 Å². The number of hydrogen-bond donors (Lipinski definition) is 0. The zero-order valence-corrected chi connectivity index (χ0v) is 11.6. The standard InChI is InChI=1S/C11H21BrO3/c1-10(2)7-14-11(3,15-8-10)6-5-9(12)13-4/h9H,5-8H2,1-4H3. The van der Waals surface area contributed by atoms with E-state index in [1.54, 1.807) is 7.11 Å². The fourth-order valence-corrected chi connectivity index (χ4v) is 1.65. The summed E-state index contributed by atoms with van der Waals surface area (Å²) >= 11 is 3.42. The largest absolute Gasteiger partial charge is 0.370 e. The van der Waals surface area contributed by atoms with Crippen molar-refractivity contribution >= 4 is 15.9 Å². The molecule has 0 radical (unpaired) electrons. The topological polar surface area (TPSA) is 27.7 Å². The van der Waals surface area contributed by atoms with Gasteiger partial charge in [0.25, 0.3) is 0 Å². The minimum atomic E-state index is -0.444. The fraction of sp³-hybridized carbons (Fsp3) is 1.00. The first-order valence-corrected chi connectivity index (χ1v) is 6.23. The molecule has 0 aromatic heterocycles. The van der Waals surface area contributed by atoms with Crippen molar-refractivity contribution in [3.8, 4) is 0 Å². The van der Waals surface area contributed by atoms with Crippen LogP contribution in [0.2, 0.25) is 0 Å². The van der Waals surface area contributed by atoms with Gasteiger partial charge in [-0.3, -0.25) is 0 Å². The van der Waals surface area contributed by atoms with Crippen LogP contribution in [0.15, 0.2) is 0 Å². The van der Waals surface area contributed by atoms with Gasteiger partial charge in [-0.25, -0.2) is 0 Å². The van der Waals surface area contributed by atoms with E-state index in [4.69, 9.17) is 14.2 Å². The molecule has 0 N–H and O–H groups in total. The van der Waals surface area contributed by atoms with E-state index < -0.39 is 5.79 Å². The number of rotatable bonds is 4. The van der Waals surface area contributed by atoms with Crippen LogP contribution >= 0.6 is 15.9 Å². The summed E-state index contributed by atoms with van der Waals surface area (Å²) in [6.07, 6.45) is 1.72. The van der Waals surface area contributed by atoms with Gasteiger partial charge in [-0.15, -0.1) is 0 Å². The van der Waals surface area contributed by atoms with Crippen LogP contribution in [-0.4, -0.2) is 31.1 Å². The van der Waals surface area contributed by atoms with Gasteiger partial charge < -0.3 is 14.2 Å². The molecule has 4 heteroatoms. The number of alkyl halides is 1. The summed E-state index contributed by atoms with van der Waals surface area (Å²) in [7, 11) is 1.69. The normalized spacial score (nSPS) is 26.2. The van der Waals surface area contributed by atoms with E-state index in [-0.39, 0.29) is 10.4 Å². The van der Waals surface area contributed by atoms with Crippen molar-refractivity contribution in [2.24, 2.45) is 5.41 Å². The molecule has 1 rings (SSSR count). The molecular formula is C11H21BrO3. The first kappa shape index (κ1) is 13.4. The molecule has 1 aliphatic heterocycles. The minimum Gasteiger partial charge on any atom is -0.370 e. The van der Waals surface area contributed by atoms with Crippen LogP contribution < -0.4 is 0 Å². The summed E-state index contributed by atoms with van der Waals surface area (Å²) in [6.45, 7) is 7.80. The highest BCUT2D eigenvalue weighted by Crippen LogP contribution is 2.32. The lowest BCUT2D eigenvalue weighted by atomic mass is 9.94. The first-order valence-electron chi connectivity index (χ1n) is 5.32. The van der Waals surface area contributed by atoms with E-state index in [0.717, 1.165) is 26.1 Å². The van der Waals surface area contributed by atoms with Crippen molar-refractivity contribution in [3.05, 3.63) is 0 Å². The van der Waals surface area contributed by atoms with Gasteiger partial charge in [0.15, 0.2) is 5.79 Å². The summed E-state index contributed by atoms with van der Waals surface area (Å²) in [5, 5.41) is 0.0801. The summed E-state index contributed by atoms with van der Waals surface area (Å²) in [4.78, 5) is 0. The van der Waals surface area contributed by atoms with Crippen LogP contribution in [0.25, 0.3) is 0 Å². The van der Waals surface area contributed by atoms with Crippen molar-refractivity contribution in [2.75, 3.05) is 20.3 Å². The van der Waals surface area contributed by atoms with Gasteiger partial charge in [-0.1, -0.05) is 29.8 Å². The summed E-state index contributed by atoms with van der Waals surface area (Å²) in [5.74, 6) is -0.444. The molecule has 0 aromatic carbocycles. The molecule has 1 aliphatic rings. The Morgan fingerprint density at radius 1 is 1.27 bits per heavy atom. The number of ether oxygens (including phenoxy) is 3. The lowest BCUT2D eigenvalue weighted by Crippen LogP contribution is -2.45. The molecule has 0 spiro atoms. The van der Waals surface area contributed by atoms with Crippen molar-refractivity contribution in [1.82, 2.24) is 0 Å². The predicted octanol–water partition coefficient (Wildman–Crippen LogP) is 2.92. The average molecular weight is 281 g/mol. The van der Waals surface area contributed by atoms with E-state index in [2.05, 4.69) is 29.8 Å². The average Bonchev–Trinajstić information content (AvgIpc) is 2.20. The molecule has 15 heavy (non-hydrogen) atoms. The molecule has 1 fully saturated rings. The molecule has 0 aromatic rings. The number of halogens is 1. The van der Waals surface area contributed by atoms with Gasteiger partial charge in [0.2, 0.25) is 0 Å². The molecule has 0 bridgehead atoms. The Hall–Kier alpha value is 0.360. The Kier molecular flexibility index (Phi) is 4.59. The van der Waals surface area contributed by atoms with Gasteiger partial charge in [-0.2, -0.15) is 0 Å². The highest BCUT2D eigenvalue weighted by atomic mass is 79.9. The van der Waals surface area contributed by atoms with E-state index in [0.29, 0.717) is 0 Å². The predicted molar refractivity (Wildman–Crippen MR) is 63.0 cm³/mol. The second-order valence-corrected chi connectivity index (χ2v) is 6.08. The Morgan fingerprint density at radius 2 is 1.80 bits per heavy atom. The molecule has 1 heterocycles. The second kappa shape index (κ2) is 5.13. The highest BCUT2D eigenvalue weighted by Gasteiger charge is 2.36. The zero-order valence-electron chi connectivity index (χ0n) is 10.0. The lowest BCUT2D eigenvalue weighted by Gasteiger charge is -2.41. The van der Waals surface area contributed by atoms with Crippen LogP contribution in [0.3, 0.4) is 0 Å². The van der Waals surface area contributed by atoms with Crippen LogP contribution in [0, 0.1) is 5.41 Å². The molecule has 0 amide bonds. The molecular weight excluding hydrogens is 260 g/mol. The molecule has 3 nitrogen and oxygen atoms in total. The maximum absolute atomic E-state index is 5.78. The van der Waals surface area contributed by atoms with Crippen LogP contribution in [0.4, 0.5) is 0 Å². The Balaban J connectivity index is 2.35. The monoisotopic (exact) mass is 280 g/mol. The van der Waals surface area contributed by atoms with Crippen LogP contribution in [0.5, 0.6) is 0 Å². The van der Waals surface area contributed by atoms with Gasteiger partial charge in [0.05, 0.1) is 13.2 Å². The molecule has 0 aliphatic carbocycles. The van der Waals surface area contributed by atoms with Gasteiger partial charge in [0.1, 0.15) is 5.01 Å². The highest BCUT2D eigenvalue weighted by molar-refractivity contribution is 9.09. The minimum absolute atomic E-state index is 0.0801. The number of hydrogen-bond acceptors (Lipinski definition) is 3. The molecule has 1 saturated heterocycles. The molecule has 1 atom stereocenters. The van der Waals surface area contributed by atoms with Crippen LogP contribution in [-0.2, 0) is 14.2 Å². The summed E-state index contributed by atoms with van der Waals surface area (Å²) in [6, 6.07) is 0. The van der Waals surface area contributed by atoms with Gasteiger partial charge in [0, 0.05) is 18.9 Å². The molecule has 1 unspecified atom stereocenters. The number of methoxy groups -OCH3 is 1. The Labute approximate surface area is 101 Å². The zero-order chi connectivity index (χ0) is 11.5. The van der Waals surface area contributed by atoms with Gasteiger partial charge >= 0.3 is 0 Å².